The molecule has 0 saturated carbocycles. The van der Waals surface area contributed by atoms with Crippen LogP contribution in [-0.4, -0.2) is 14.1 Å². The lowest BCUT2D eigenvalue weighted by Gasteiger charge is -2.18. The molecular weight excluding hydrogens is 236 g/mol. The summed E-state index contributed by atoms with van der Waals surface area (Å²) in [6, 6.07) is 16.4. The minimum Gasteiger partial charge on any atom is -0.462 e. The summed E-state index contributed by atoms with van der Waals surface area (Å²) in [5.41, 5.74) is 4.20. The minimum absolute atomic E-state index is 0.911. The van der Waals surface area contributed by atoms with Gasteiger partial charge in [-0.3, -0.25) is 0 Å². The van der Waals surface area contributed by atoms with Crippen LogP contribution < -0.4 is 10.2 Å². The van der Waals surface area contributed by atoms with E-state index in [1.54, 1.807) is 6.26 Å². The van der Waals surface area contributed by atoms with Crippen LogP contribution in [0.15, 0.2) is 59.2 Å². The van der Waals surface area contributed by atoms with E-state index in [0.29, 0.717) is 0 Å². The van der Waals surface area contributed by atoms with Crippen LogP contribution >= 0.6 is 0 Å². The predicted molar refractivity (Wildman–Crippen MR) is 80.3 cm³/mol. The van der Waals surface area contributed by atoms with E-state index < -0.39 is 0 Å². The monoisotopic (exact) mass is 252 g/mol. The summed E-state index contributed by atoms with van der Waals surface area (Å²) in [5.74, 6) is 0. The third-order valence-electron chi connectivity index (χ3n) is 3.34. The summed E-state index contributed by atoms with van der Waals surface area (Å²) < 4.78 is 5.59. The van der Waals surface area contributed by atoms with Crippen molar-refractivity contribution in [3.05, 3.63) is 54.8 Å². The molecule has 0 bridgehead atoms. The molecule has 0 aliphatic carbocycles. The van der Waals surface area contributed by atoms with Gasteiger partial charge in [0.15, 0.2) is 0 Å². The Morgan fingerprint density at radius 1 is 1.05 bits per heavy atom. The summed E-state index contributed by atoms with van der Waals surface area (Å²) in [4.78, 5) is 2.13. The van der Waals surface area contributed by atoms with Gasteiger partial charge in [0, 0.05) is 30.9 Å². The Labute approximate surface area is 112 Å². The van der Waals surface area contributed by atoms with E-state index in [-0.39, 0.29) is 0 Å². The van der Waals surface area contributed by atoms with Crippen LogP contribution in [0.1, 0.15) is 0 Å². The molecule has 1 N–H and O–H groups in total. The van der Waals surface area contributed by atoms with Gasteiger partial charge in [-0.1, -0.05) is 18.2 Å². The fourth-order valence-electron chi connectivity index (χ4n) is 2.23. The number of para-hydroxylation sites is 1. The standard InChI is InChI=1S/C16H16N2O/c1-17-12-6-5-7-13(10-12)18(2)15-11-19-16-9-4-3-8-14(15)16/h3-11,17H,1-2H3. The highest BCUT2D eigenvalue weighted by Gasteiger charge is 2.11. The maximum atomic E-state index is 5.59. The minimum atomic E-state index is 0.911. The van der Waals surface area contributed by atoms with Crippen molar-refractivity contribution in [1.82, 2.24) is 0 Å². The fourth-order valence-corrected chi connectivity index (χ4v) is 2.23. The summed E-state index contributed by atoms with van der Waals surface area (Å²) in [5, 5.41) is 4.28. The maximum absolute atomic E-state index is 5.59. The molecule has 3 nitrogen and oxygen atoms in total. The van der Waals surface area contributed by atoms with Gasteiger partial charge in [0.25, 0.3) is 0 Å². The number of hydrogen-bond acceptors (Lipinski definition) is 3. The van der Waals surface area contributed by atoms with E-state index in [2.05, 4.69) is 28.4 Å². The van der Waals surface area contributed by atoms with Crippen LogP contribution in [0.5, 0.6) is 0 Å². The smallest absolute Gasteiger partial charge is 0.136 e. The molecule has 2 aromatic carbocycles. The van der Waals surface area contributed by atoms with Gasteiger partial charge < -0.3 is 14.6 Å². The van der Waals surface area contributed by atoms with Crippen molar-refractivity contribution in [3.63, 3.8) is 0 Å². The van der Waals surface area contributed by atoms with Gasteiger partial charge in [0.2, 0.25) is 0 Å². The molecule has 0 radical (unpaired) electrons. The van der Waals surface area contributed by atoms with Crippen LogP contribution in [-0.2, 0) is 0 Å². The van der Waals surface area contributed by atoms with E-state index >= 15 is 0 Å². The number of hydrogen-bond donors (Lipinski definition) is 1. The summed E-state index contributed by atoms with van der Waals surface area (Å²) >= 11 is 0. The van der Waals surface area contributed by atoms with E-state index in [4.69, 9.17) is 4.42 Å². The van der Waals surface area contributed by atoms with Gasteiger partial charge in [-0.05, 0) is 30.3 Å². The molecule has 19 heavy (non-hydrogen) atoms. The Hall–Kier alpha value is -2.42. The van der Waals surface area contributed by atoms with Gasteiger partial charge in [-0.15, -0.1) is 0 Å². The third-order valence-corrected chi connectivity index (χ3v) is 3.34. The van der Waals surface area contributed by atoms with Crippen molar-refractivity contribution in [2.24, 2.45) is 0 Å². The van der Waals surface area contributed by atoms with Crippen LogP contribution in [0.25, 0.3) is 11.0 Å². The van der Waals surface area contributed by atoms with Crippen LogP contribution in [0.3, 0.4) is 0 Å². The van der Waals surface area contributed by atoms with Gasteiger partial charge >= 0.3 is 0 Å². The van der Waals surface area contributed by atoms with Crippen LogP contribution in [0.4, 0.5) is 17.1 Å². The second-order valence-electron chi connectivity index (χ2n) is 4.48. The number of rotatable bonds is 3. The first-order valence-corrected chi connectivity index (χ1v) is 6.27. The lowest BCUT2D eigenvalue weighted by Crippen LogP contribution is -2.08. The molecule has 96 valence electrons. The highest BCUT2D eigenvalue weighted by molar-refractivity contribution is 5.93. The first kappa shape index (κ1) is 11.7. The summed E-state index contributed by atoms with van der Waals surface area (Å²) in [6.07, 6.45) is 1.80. The zero-order valence-electron chi connectivity index (χ0n) is 11.1. The second-order valence-corrected chi connectivity index (χ2v) is 4.48. The SMILES string of the molecule is CNc1cccc(N(C)c2coc3ccccc23)c1. The van der Waals surface area contributed by atoms with E-state index in [1.807, 2.05) is 44.4 Å². The van der Waals surface area contributed by atoms with Crippen molar-refractivity contribution >= 4 is 28.0 Å². The Morgan fingerprint density at radius 2 is 1.89 bits per heavy atom. The number of nitrogens with one attached hydrogen (secondary N) is 1. The zero-order chi connectivity index (χ0) is 13.2. The second kappa shape index (κ2) is 4.69. The normalized spacial score (nSPS) is 10.6. The molecule has 3 aromatic rings. The molecule has 1 aromatic heterocycles. The third kappa shape index (κ3) is 2.03. The molecule has 0 aliphatic heterocycles. The maximum Gasteiger partial charge on any atom is 0.136 e. The van der Waals surface area contributed by atoms with Crippen molar-refractivity contribution in [3.8, 4) is 0 Å². The summed E-state index contributed by atoms with van der Waals surface area (Å²) in [6.45, 7) is 0. The fraction of sp³-hybridized carbons (Fsp3) is 0.125. The number of fused-ring (bicyclic) bond motifs is 1. The van der Waals surface area contributed by atoms with Gasteiger partial charge in [-0.2, -0.15) is 0 Å². The predicted octanol–water partition coefficient (Wildman–Crippen LogP) is 4.24. The lowest BCUT2D eigenvalue weighted by atomic mass is 10.2. The van der Waals surface area contributed by atoms with Crippen molar-refractivity contribution < 1.29 is 4.42 Å². The Balaban J connectivity index is 2.05. The molecule has 0 amide bonds. The van der Waals surface area contributed by atoms with E-state index in [9.17, 15) is 0 Å². The van der Waals surface area contributed by atoms with Gasteiger partial charge in [-0.25, -0.2) is 0 Å². The van der Waals surface area contributed by atoms with Crippen molar-refractivity contribution in [2.45, 2.75) is 0 Å². The van der Waals surface area contributed by atoms with Crippen LogP contribution in [0, 0.1) is 0 Å². The van der Waals surface area contributed by atoms with Crippen molar-refractivity contribution in [1.29, 1.82) is 0 Å². The highest BCUT2D eigenvalue weighted by Crippen LogP contribution is 2.33. The zero-order valence-corrected chi connectivity index (χ0v) is 11.1. The molecular formula is C16H16N2O. The van der Waals surface area contributed by atoms with Gasteiger partial charge in [0.05, 0.1) is 5.69 Å². The van der Waals surface area contributed by atoms with E-state index in [1.165, 1.54) is 0 Å². The molecule has 3 heteroatoms. The Morgan fingerprint density at radius 3 is 2.74 bits per heavy atom. The average molecular weight is 252 g/mol. The molecule has 0 atom stereocenters. The molecule has 0 unspecified atom stereocenters. The van der Waals surface area contributed by atoms with Crippen LogP contribution in [0.2, 0.25) is 0 Å². The average Bonchev–Trinajstić information content (AvgIpc) is 2.90. The largest absolute Gasteiger partial charge is 0.462 e. The molecule has 3 rings (SSSR count). The number of anilines is 3. The Kier molecular flexibility index (Phi) is 2.88. The number of furan rings is 1. The topological polar surface area (TPSA) is 28.4 Å². The number of nitrogens with zero attached hydrogens (tertiary/aromatic N) is 1. The molecule has 1 heterocycles. The quantitative estimate of drug-likeness (QED) is 0.755. The first-order chi connectivity index (χ1) is 9.29. The molecule has 0 saturated heterocycles. The van der Waals surface area contributed by atoms with Gasteiger partial charge in [0.1, 0.15) is 11.8 Å². The highest BCUT2D eigenvalue weighted by atomic mass is 16.3. The molecule has 0 fully saturated rings. The van der Waals surface area contributed by atoms with Crippen molar-refractivity contribution in [2.75, 3.05) is 24.3 Å². The molecule has 0 spiro atoms. The first-order valence-electron chi connectivity index (χ1n) is 6.27. The number of benzene rings is 2. The molecule has 0 aliphatic rings. The Bertz CT molecular complexity index is 703. The van der Waals surface area contributed by atoms with E-state index in [0.717, 1.165) is 28.0 Å². The lowest BCUT2D eigenvalue weighted by molar-refractivity contribution is 0.616. The summed E-state index contributed by atoms with van der Waals surface area (Å²) in [7, 11) is 3.97.